The molecular weight excluding hydrogens is 364 g/mol. The van der Waals surface area contributed by atoms with Gasteiger partial charge in [0.15, 0.2) is 11.5 Å². The number of hydrogen-bond acceptors (Lipinski definition) is 4. The standard InChI is InChI=1S/C24H32N2O3/c1-4-25(5-2)14-15-26-21(17-12-10-16(3)11-13-17)20-22(27)18-8-6-7-9-19(18)29-23(20)24(26)28/h10-13,18-19,21H,4-9,14-15H2,1-3H3. The summed E-state index contributed by atoms with van der Waals surface area (Å²) in [7, 11) is 0. The summed E-state index contributed by atoms with van der Waals surface area (Å²) in [5.41, 5.74) is 2.77. The first-order chi connectivity index (χ1) is 14.0. The van der Waals surface area contributed by atoms with Crippen LogP contribution in [0.15, 0.2) is 35.6 Å². The second-order valence-electron chi connectivity index (χ2n) is 8.49. The number of likely N-dealkylation sites (N-methyl/N-ethyl adjacent to an activating group) is 1. The number of rotatable bonds is 6. The van der Waals surface area contributed by atoms with Gasteiger partial charge in [0.2, 0.25) is 0 Å². The molecule has 0 bridgehead atoms. The molecule has 5 nitrogen and oxygen atoms in total. The number of ether oxygens (including phenoxy) is 1. The summed E-state index contributed by atoms with van der Waals surface area (Å²) in [4.78, 5) is 31.0. The van der Waals surface area contributed by atoms with Crippen LogP contribution in [0.25, 0.3) is 0 Å². The average Bonchev–Trinajstić information content (AvgIpc) is 3.02. The molecule has 1 aromatic carbocycles. The van der Waals surface area contributed by atoms with Gasteiger partial charge in [0.05, 0.1) is 17.5 Å². The third-order valence-corrected chi connectivity index (χ3v) is 6.80. The van der Waals surface area contributed by atoms with E-state index in [0.29, 0.717) is 17.9 Å². The molecule has 29 heavy (non-hydrogen) atoms. The Bertz CT molecular complexity index is 810. The zero-order chi connectivity index (χ0) is 20.5. The fourth-order valence-electron chi connectivity index (χ4n) is 5.01. The number of carbonyl (C=O) groups excluding carboxylic acids is 2. The number of aryl methyl sites for hydroxylation is 1. The van der Waals surface area contributed by atoms with Crippen LogP contribution in [0.4, 0.5) is 0 Å². The molecule has 0 saturated heterocycles. The van der Waals surface area contributed by atoms with Gasteiger partial charge in [-0.2, -0.15) is 0 Å². The third kappa shape index (κ3) is 3.61. The second-order valence-corrected chi connectivity index (χ2v) is 8.49. The summed E-state index contributed by atoms with van der Waals surface area (Å²) in [5.74, 6) is 0.254. The highest BCUT2D eigenvalue weighted by Crippen LogP contribution is 2.46. The Labute approximate surface area is 173 Å². The van der Waals surface area contributed by atoms with Crippen molar-refractivity contribution in [3.8, 4) is 0 Å². The second kappa shape index (κ2) is 8.31. The van der Waals surface area contributed by atoms with Gasteiger partial charge >= 0.3 is 0 Å². The Hall–Kier alpha value is -2.14. The van der Waals surface area contributed by atoms with Crippen molar-refractivity contribution in [3.63, 3.8) is 0 Å². The van der Waals surface area contributed by atoms with E-state index in [4.69, 9.17) is 4.74 Å². The van der Waals surface area contributed by atoms with Crippen LogP contribution in [0.1, 0.15) is 56.7 Å². The van der Waals surface area contributed by atoms with Gasteiger partial charge in [-0.3, -0.25) is 9.59 Å². The normalized spacial score (nSPS) is 26.6. The van der Waals surface area contributed by atoms with Gasteiger partial charge in [-0.1, -0.05) is 50.1 Å². The number of fused-ring (bicyclic) bond motifs is 1. The minimum absolute atomic E-state index is 0.0917. The number of benzene rings is 1. The maximum atomic E-state index is 13.5. The van der Waals surface area contributed by atoms with Crippen LogP contribution in [0.3, 0.4) is 0 Å². The lowest BCUT2D eigenvalue weighted by Crippen LogP contribution is -2.39. The van der Waals surface area contributed by atoms with Crippen LogP contribution < -0.4 is 0 Å². The van der Waals surface area contributed by atoms with E-state index >= 15 is 0 Å². The van der Waals surface area contributed by atoms with Crippen molar-refractivity contribution in [2.75, 3.05) is 26.2 Å². The van der Waals surface area contributed by atoms with Crippen LogP contribution in [0, 0.1) is 12.8 Å². The molecule has 0 N–H and O–H groups in total. The molecule has 0 aromatic heterocycles. The first-order valence-corrected chi connectivity index (χ1v) is 11.1. The molecule has 156 valence electrons. The molecule has 0 radical (unpaired) electrons. The van der Waals surface area contributed by atoms with E-state index < -0.39 is 0 Å². The van der Waals surface area contributed by atoms with Crippen LogP contribution in [0.2, 0.25) is 0 Å². The molecule has 1 saturated carbocycles. The summed E-state index contributed by atoms with van der Waals surface area (Å²) < 4.78 is 6.22. The van der Waals surface area contributed by atoms with E-state index in [0.717, 1.165) is 50.9 Å². The smallest absolute Gasteiger partial charge is 0.290 e. The van der Waals surface area contributed by atoms with E-state index in [1.807, 2.05) is 24.0 Å². The van der Waals surface area contributed by atoms with Gasteiger partial charge in [0, 0.05) is 13.1 Å². The quantitative estimate of drug-likeness (QED) is 0.737. The molecule has 1 aromatic rings. The van der Waals surface area contributed by atoms with E-state index in [1.54, 1.807) is 0 Å². The highest BCUT2D eigenvalue weighted by molar-refractivity contribution is 6.11. The lowest BCUT2D eigenvalue weighted by molar-refractivity contribution is -0.135. The monoisotopic (exact) mass is 396 g/mol. The van der Waals surface area contributed by atoms with Crippen molar-refractivity contribution in [2.45, 2.75) is 58.6 Å². The van der Waals surface area contributed by atoms with Crippen molar-refractivity contribution < 1.29 is 14.3 Å². The fraction of sp³-hybridized carbons (Fsp3) is 0.583. The number of Topliss-reactive ketones (excluding diaryl/α,β-unsaturated/α-hetero) is 1. The number of hydrogen-bond donors (Lipinski definition) is 0. The maximum absolute atomic E-state index is 13.5. The average molecular weight is 397 g/mol. The molecule has 1 fully saturated rings. The summed E-state index contributed by atoms with van der Waals surface area (Å²) in [6.45, 7) is 9.59. The van der Waals surface area contributed by atoms with Gasteiger partial charge in [0.1, 0.15) is 6.10 Å². The van der Waals surface area contributed by atoms with E-state index in [1.165, 1.54) is 5.56 Å². The minimum atomic E-state index is -0.330. The Morgan fingerprint density at radius 2 is 1.76 bits per heavy atom. The summed E-state index contributed by atoms with van der Waals surface area (Å²) >= 11 is 0. The van der Waals surface area contributed by atoms with E-state index in [2.05, 4.69) is 30.9 Å². The third-order valence-electron chi connectivity index (χ3n) is 6.80. The van der Waals surface area contributed by atoms with Crippen molar-refractivity contribution >= 4 is 11.7 Å². The molecule has 3 atom stereocenters. The minimum Gasteiger partial charge on any atom is -0.483 e. The van der Waals surface area contributed by atoms with E-state index in [-0.39, 0.29) is 29.8 Å². The molecule has 1 amide bonds. The number of ketones is 1. The molecule has 4 rings (SSSR count). The summed E-state index contributed by atoms with van der Waals surface area (Å²) in [6.07, 6.45) is 3.75. The maximum Gasteiger partial charge on any atom is 0.290 e. The Morgan fingerprint density at radius 1 is 1.07 bits per heavy atom. The first kappa shape index (κ1) is 20.1. The molecule has 1 aliphatic carbocycles. The van der Waals surface area contributed by atoms with Crippen LogP contribution in [0.5, 0.6) is 0 Å². The Morgan fingerprint density at radius 3 is 2.45 bits per heavy atom. The lowest BCUT2D eigenvalue weighted by atomic mass is 9.77. The highest BCUT2D eigenvalue weighted by Gasteiger charge is 2.51. The van der Waals surface area contributed by atoms with Crippen molar-refractivity contribution in [2.24, 2.45) is 5.92 Å². The predicted octanol–water partition coefficient (Wildman–Crippen LogP) is 3.63. The lowest BCUT2D eigenvalue weighted by Gasteiger charge is -2.35. The molecular formula is C24H32N2O3. The highest BCUT2D eigenvalue weighted by atomic mass is 16.5. The molecule has 3 aliphatic rings. The van der Waals surface area contributed by atoms with Gasteiger partial charge in [-0.25, -0.2) is 0 Å². The van der Waals surface area contributed by atoms with Crippen LogP contribution in [-0.2, 0) is 14.3 Å². The molecule has 5 heteroatoms. The van der Waals surface area contributed by atoms with Gasteiger partial charge < -0.3 is 14.5 Å². The van der Waals surface area contributed by atoms with E-state index in [9.17, 15) is 9.59 Å². The van der Waals surface area contributed by atoms with Gasteiger partial charge in [-0.15, -0.1) is 0 Å². The zero-order valence-corrected chi connectivity index (χ0v) is 17.8. The number of nitrogens with zero attached hydrogens (tertiary/aromatic N) is 2. The molecule has 2 heterocycles. The molecule has 2 aliphatic heterocycles. The summed E-state index contributed by atoms with van der Waals surface area (Å²) in [5, 5.41) is 0. The van der Waals surface area contributed by atoms with Crippen LogP contribution in [-0.4, -0.2) is 53.8 Å². The van der Waals surface area contributed by atoms with Gasteiger partial charge in [-0.05, 0) is 44.8 Å². The summed E-state index contributed by atoms with van der Waals surface area (Å²) in [6, 6.07) is 7.88. The predicted molar refractivity (Wildman–Crippen MR) is 112 cm³/mol. The Kier molecular flexibility index (Phi) is 5.77. The molecule has 0 spiro atoms. The van der Waals surface area contributed by atoms with Crippen LogP contribution >= 0.6 is 0 Å². The number of amides is 1. The Balaban J connectivity index is 1.70. The van der Waals surface area contributed by atoms with Crippen molar-refractivity contribution in [1.29, 1.82) is 0 Å². The first-order valence-electron chi connectivity index (χ1n) is 11.1. The topological polar surface area (TPSA) is 49.9 Å². The zero-order valence-electron chi connectivity index (χ0n) is 17.8. The largest absolute Gasteiger partial charge is 0.483 e. The number of carbonyl (C=O) groups is 2. The fourth-order valence-corrected chi connectivity index (χ4v) is 5.01. The molecule has 3 unspecified atom stereocenters. The van der Waals surface area contributed by atoms with Crippen molar-refractivity contribution in [1.82, 2.24) is 9.80 Å². The SMILES string of the molecule is CCN(CC)CCN1C(=O)C2=C(C(=O)C3CCCCC3O2)C1c1ccc(C)cc1. The van der Waals surface area contributed by atoms with Gasteiger partial charge in [0.25, 0.3) is 5.91 Å². The van der Waals surface area contributed by atoms with Crippen molar-refractivity contribution in [3.05, 3.63) is 46.7 Å².